The van der Waals surface area contributed by atoms with E-state index in [1.807, 2.05) is 0 Å². The van der Waals surface area contributed by atoms with Crippen LogP contribution in [-0.4, -0.2) is 50.2 Å². The van der Waals surface area contributed by atoms with Crippen LogP contribution in [0, 0.1) is 5.92 Å². The van der Waals surface area contributed by atoms with E-state index < -0.39 is 0 Å². The van der Waals surface area contributed by atoms with Crippen LogP contribution in [0.4, 0.5) is 0 Å². The minimum absolute atomic E-state index is 0.670. The molecule has 2 aliphatic heterocycles. The third-order valence-corrected chi connectivity index (χ3v) is 3.59. The van der Waals surface area contributed by atoms with Crippen molar-refractivity contribution in [2.24, 2.45) is 5.92 Å². The van der Waals surface area contributed by atoms with Gasteiger partial charge in [-0.2, -0.15) is 0 Å². The van der Waals surface area contributed by atoms with E-state index in [9.17, 15) is 0 Å². The molecular formula is C12H25N3. The number of rotatable bonds is 2. The fourth-order valence-corrected chi connectivity index (χ4v) is 2.81. The highest BCUT2D eigenvalue weighted by Crippen LogP contribution is 2.13. The summed E-state index contributed by atoms with van der Waals surface area (Å²) in [6.45, 7) is 9.79. The monoisotopic (exact) mass is 211 g/mol. The first-order valence-electron chi connectivity index (χ1n) is 6.51. The van der Waals surface area contributed by atoms with Crippen molar-refractivity contribution in [3.63, 3.8) is 0 Å². The van der Waals surface area contributed by atoms with Crippen LogP contribution < -0.4 is 10.6 Å². The van der Waals surface area contributed by atoms with Crippen molar-refractivity contribution < 1.29 is 0 Å². The zero-order valence-corrected chi connectivity index (χ0v) is 9.97. The maximum atomic E-state index is 3.55. The molecule has 15 heavy (non-hydrogen) atoms. The van der Waals surface area contributed by atoms with Crippen LogP contribution in [0.1, 0.15) is 26.2 Å². The van der Waals surface area contributed by atoms with E-state index in [0.29, 0.717) is 6.04 Å². The molecule has 0 amide bonds. The van der Waals surface area contributed by atoms with Gasteiger partial charge in [-0.3, -0.25) is 0 Å². The lowest BCUT2D eigenvalue weighted by molar-refractivity contribution is 0.208. The summed E-state index contributed by atoms with van der Waals surface area (Å²) in [6, 6.07) is 0.670. The van der Waals surface area contributed by atoms with E-state index in [0.717, 1.165) is 5.92 Å². The number of nitrogens with one attached hydrogen (secondary N) is 2. The predicted octanol–water partition coefficient (Wildman–Crippen LogP) is 0.670. The van der Waals surface area contributed by atoms with Gasteiger partial charge in [0.1, 0.15) is 0 Å². The van der Waals surface area contributed by atoms with Crippen molar-refractivity contribution in [1.29, 1.82) is 0 Å². The molecule has 2 unspecified atom stereocenters. The Morgan fingerprint density at radius 2 is 2.20 bits per heavy atom. The molecular weight excluding hydrogens is 186 g/mol. The van der Waals surface area contributed by atoms with Gasteiger partial charge in [-0.1, -0.05) is 0 Å². The van der Waals surface area contributed by atoms with Crippen molar-refractivity contribution in [2.75, 3.05) is 39.3 Å². The zero-order chi connectivity index (χ0) is 10.5. The van der Waals surface area contributed by atoms with Gasteiger partial charge in [-0.25, -0.2) is 0 Å². The Balaban J connectivity index is 1.76. The summed E-state index contributed by atoms with van der Waals surface area (Å²) in [4.78, 5) is 2.66. The van der Waals surface area contributed by atoms with Crippen molar-refractivity contribution in [2.45, 2.75) is 32.2 Å². The molecule has 0 bridgehead atoms. The van der Waals surface area contributed by atoms with E-state index >= 15 is 0 Å². The molecule has 3 nitrogen and oxygen atoms in total. The molecule has 0 aromatic rings. The lowest BCUT2D eigenvalue weighted by atomic mass is 9.99. The third-order valence-electron chi connectivity index (χ3n) is 3.59. The van der Waals surface area contributed by atoms with Gasteiger partial charge in [-0.05, 0) is 58.3 Å². The maximum Gasteiger partial charge on any atom is 0.0166 e. The second-order valence-electron chi connectivity index (χ2n) is 5.18. The van der Waals surface area contributed by atoms with Gasteiger partial charge >= 0.3 is 0 Å². The fourth-order valence-electron chi connectivity index (χ4n) is 2.81. The molecule has 2 heterocycles. The van der Waals surface area contributed by atoms with E-state index in [4.69, 9.17) is 0 Å². The smallest absolute Gasteiger partial charge is 0.0166 e. The van der Waals surface area contributed by atoms with Gasteiger partial charge in [0.2, 0.25) is 0 Å². The topological polar surface area (TPSA) is 27.3 Å². The Morgan fingerprint density at radius 3 is 3.00 bits per heavy atom. The summed E-state index contributed by atoms with van der Waals surface area (Å²) in [5.41, 5.74) is 0. The molecule has 0 aliphatic carbocycles. The predicted molar refractivity (Wildman–Crippen MR) is 64.1 cm³/mol. The molecule has 0 radical (unpaired) electrons. The second-order valence-corrected chi connectivity index (χ2v) is 5.18. The summed E-state index contributed by atoms with van der Waals surface area (Å²) in [7, 11) is 0. The highest BCUT2D eigenvalue weighted by Gasteiger charge is 2.19. The van der Waals surface area contributed by atoms with Crippen molar-refractivity contribution in [3.05, 3.63) is 0 Å². The summed E-state index contributed by atoms with van der Waals surface area (Å²) >= 11 is 0. The van der Waals surface area contributed by atoms with Crippen LogP contribution in [0.3, 0.4) is 0 Å². The van der Waals surface area contributed by atoms with Gasteiger partial charge in [0.15, 0.2) is 0 Å². The molecule has 2 rings (SSSR count). The molecule has 0 saturated carbocycles. The molecule has 0 aromatic heterocycles. The quantitative estimate of drug-likeness (QED) is 0.703. The minimum atomic E-state index is 0.670. The van der Waals surface area contributed by atoms with E-state index in [-0.39, 0.29) is 0 Å². The van der Waals surface area contributed by atoms with Crippen LogP contribution in [0.15, 0.2) is 0 Å². The fraction of sp³-hybridized carbons (Fsp3) is 1.00. The maximum absolute atomic E-state index is 3.55. The Kier molecular flexibility index (Phi) is 4.42. The number of hydrogen-bond acceptors (Lipinski definition) is 3. The number of piperidine rings is 1. The summed E-state index contributed by atoms with van der Waals surface area (Å²) < 4.78 is 0. The second kappa shape index (κ2) is 5.83. The van der Waals surface area contributed by atoms with Gasteiger partial charge in [0.25, 0.3) is 0 Å². The van der Waals surface area contributed by atoms with E-state index in [1.54, 1.807) is 0 Å². The van der Waals surface area contributed by atoms with Crippen LogP contribution in [-0.2, 0) is 0 Å². The third kappa shape index (κ3) is 3.74. The van der Waals surface area contributed by atoms with Gasteiger partial charge in [0.05, 0.1) is 0 Å². The highest BCUT2D eigenvalue weighted by molar-refractivity contribution is 4.77. The average molecular weight is 211 g/mol. The molecule has 88 valence electrons. The summed E-state index contributed by atoms with van der Waals surface area (Å²) in [6.07, 6.45) is 4.10. The van der Waals surface area contributed by atoms with Crippen molar-refractivity contribution in [1.82, 2.24) is 15.5 Å². The molecule has 0 spiro atoms. The Morgan fingerprint density at radius 1 is 1.27 bits per heavy atom. The van der Waals surface area contributed by atoms with Crippen LogP contribution in [0.5, 0.6) is 0 Å². The Labute approximate surface area is 93.6 Å². The highest BCUT2D eigenvalue weighted by atomic mass is 15.2. The van der Waals surface area contributed by atoms with Crippen molar-refractivity contribution >= 4 is 0 Å². The molecule has 3 heteroatoms. The summed E-state index contributed by atoms with van der Waals surface area (Å²) in [5.74, 6) is 0.893. The van der Waals surface area contributed by atoms with Crippen LogP contribution >= 0.6 is 0 Å². The largest absolute Gasteiger partial charge is 0.316 e. The first-order valence-corrected chi connectivity index (χ1v) is 6.51. The molecule has 2 saturated heterocycles. The van der Waals surface area contributed by atoms with Gasteiger partial charge < -0.3 is 15.5 Å². The van der Waals surface area contributed by atoms with E-state index in [1.165, 1.54) is 58.5 Å². The average Bonchev–Trinajstić information content (AvgIpc) is 2.44. The van der Waals surface area contributed by atoms with Crippen molar-refractivity contribution in [3.8, 4) is 0 Å². The van der Waals surface area contributed by atoms with Gasteiger partial charge in [-0.15, -0.1) is 0 Å². The normalized spacial score (nSPS) is 35.0. The van der Waals surface area contributed by atoms with E-state index in [2.05, 4.69) is 22.5 Å². The lowest BCUT2D eigenvalue weighted by Crippen LogP contribution is -2.41. The molecule has 2 atom stereocenters. The number of nitrogens with zero attached hydrogens (tertiary/aromatic N) is 1. The SMILES string of the molecule is CC1CN(CC2CCCNC2)CCCN1. The van der Waals surface area contributed by atoms with Crippen LogP contribution in [0.2, 0.25) is 0 Å². The molecule has 2 aliphatic rings. The number of hydrogen-bond donors (Lipinski definition) is 2. The standard InChI is InChI=1S/C12H25N3/c1-11-9-15(7-3-6-14-11)10-12-4-2-5-13-8-12/h11-14H,2-10H2,1H3. The molecule has 2 fully saturated rings. The first-order chi connectivity index (χ1) is 7.34. The molecule has 2 N–H and O–H groups in total. The first kappa shape index (κ1) is 11.4. The Hall–Kier alpha value is -0.120. The van der Waals surface area contributed by atoms with Crippen LogP contribution in [0.25, 0.3) is 0 Å². The minimum Gasteiger partial charge on any atom is -0.316 e. The Bertz CT molecular complexity index is 178. The molecule has 0 aromatic carbocycles. The lowest BCUT2D eigenvalue weighted by Gasteiger charge is -2.30. The van der Waals surface area contributed by atoms with Gasteiger partial charge in [0, 0.05) is 19.1 Å². The summed E-state index contributed by atoms with van der Waals surface area (Å²) in [5, 5.41) is 7.06. The zero-order valence-electron chi connectivity index (χ0n) is 9.97.